The van der Waals surface area contributed by atoms with Gasteiger partial charge in [0.25, 0.3) is 5.91 Å². The fourth-order valence-corrected chi connectivity index (χ4v) is 2.42. The number of amides is 1. The molecule has 0 aromatic carbocycles. The molecule has 1 atom stereocenters. The predicted molar refractivity (Wildman–Crippen MR) is 71.3 cm³/mol. The number of nitrogen functional groups attached to an aromatic ring is 1. The molecule has 0 saturated carbocycles. The van der Waals surface area contributed by atoms with Gasteiger partial charge in [-0.3, -0.25) is 9.69 Å². The Balaban J connectivity index is 2.10. The van der Waals surface area contributed by atoms with Gasteiger partial charge in [-0.25, -0.2) is 4.98 Å². The van der Waals surface area contributed by atoms with Gasteiger partial charge in [-0.15, -0.1) is 0 Å². The molecule has 1 aromatic heterocycles. The fourth-order valence-electron chi connectivity index (χ4n) is 2.42. The van der Waals surface area contributed by atoms with Crippen LogP contribution >= 0.6 is 0 Å². The number of hydrogen-bond donors (Lipinski definition) is 1. The summed E-state index contributed by atoms with van der Waals surface area (Å²) in [6, 6.07) is 3.88. The molecule has 1 saturated heterocycles. The van der Waals surface area contributed by atoms with Gasteiger partial charge >= 0.3 is 0 Å². The van der Waals surface area contributed by atoms with Gasteiger partial charge in [-0.2, -0.15) is 0 Å². The van der Waals surface area contributed by atoms with Crippen LogP contribution in [0.25, 0.3) is 0 Å². The van der Waals surface area contributed by atoms with Crippen molar-refractivity contribution in [2.24, 2.45) is 0 Å². The number of rotatable bonds is 2. The summed E-state index contributed by atoms with van der Waals surface area (Å²) >= 11 is 0. The molecule has 98 valence electrons. The Kier molecular flexibility index (Phi) is 3.81. The van der Waals surface area contributed by atoms with Gasteiger partial charge < -0.3 is 10.6 Å². The minimum atomic E-state index is -0.0109. The molecule has 0 spiro atoms. The van der Waals surface area contributed by atoms with Gasteiger partial charge in [0.15, 0.2) is 0 Å². The zero-order valence-electron chi connectivity index (χ0n) is 11.0. The summed E-state index contributed by atoms with van der Waals surface area (Å²) in [5, 5.41) is 0. The van der Waals surface area contributed by atoms with E-state index >= 15 is 0 Å². The smallest absolute Gasteiger partial charge is 0.257 e. The topological polar surface area (TPSA) is 62.5 Å². The van der Waals surface area contributed by atoms with Crippen molar-refractivity contribution in [3.63, 3.8) is 0 Å². The van der Waals surface area contributed by atoms with Crippen molar-refractivity contribution in [3.05, 3.63) is 23.9 Å². The van der Waals surface area contributed by atoms with Crippen LogP contribution in [0.1, 0.15) is 24.2 Å². The molecule has 1 aromatic rings. The Morgan fingerprint density at radius 1 is 1.56 bits per heavy atom. The van der Waals surface area contributed by atoms with Gasteiger partial charge in [0.05, 0.1) is 5.56 Å². The molecule has 5 nitrogen and oxygen atoms in total. The van der Waals surface area contributed by atoms with Crippen LogP contribution in [-0.4, -0.2) is 52.9 Å². The van der Waals surface area contributed by atoms with Gasteiger partial charge in [0.1, 0.15) is 5.82 Å². The number of anilines is 1. The van der Waals surface area contributed by atoms with Crippen molar-refractivity contribution in [1.82, 2.24) is 14.8 Å². The van der Waals surface area contributed by atoms with E-state index in [1.165, 1.54) is 0 Å². The standard InChI is InChI=1S/C13H20N4O/c1-3-16-7-8-17(9-10(16)2)13(18)11-5-4-6-15-12(11)14/h4-6,10H,3,7-9H2,1-2H3,(H2,14,15). The molecule has 18 heavy (non-hydrogen) atoms. The molecule has 0 radical (unpaired) electrons. The van der Waals surface area contributed by atoms with E-state index in [0.29, 0.717) is 17.4 Å². The second-order valence-corrected chi connectivity index (χ2v) is 4.66. The first kappa shape index (κ1) is 12.8. The number of likely N-dealkylation sites (N-methyl/N-ethyl adjacent to an activating group) is 1. The van der Waals surface area contributed by atoms with Crippen LogP contribution in [0.3, 0.4) is 0 Å². The van der Waals surface area contributed by atoms with E-state index in [0.717, 1.165) is 26.2 Å². The molecule has 5 heteroatoms. The highest BCUT2D eigenvalue weighted by Crippen LogP contribution is 2.15. The number of carbonyl (C=O) groups excluding carboxylic acids is 1. The zero-order chi connectivity index (χ0) is 13.1. The van der Waals surface area contributed by atoms with Gasteiger partial charge in [0.2, 0.25) is 0 Å². The SMILES string of the molecule is CCN1CCN(C(=O)c2cccnc2N)CC1C. The lowest BCUT2D eigenvalue weighted by Crippen LogP contribution is -2.53. The molecular formula is C13H20N4O. The van der Waals surface area contributed by atoms with Gasteiger partial charge in [0, 0.05) is 31.9 Å². The Hall–Kier alpha value is -1.62. The number of hydrogen-bond acceptors (Lipinski definition) is 4. The van der Waals surface area contributed by atoms with Crippen LogP contribution in [0, 0.1) is 0 Å². The highest BCUT2D eigenvalue weighted by atomic mass is 16.2. The average molecular weight is 248 g/mol. The Labute approximate surface area is 108 Å². The number of carbonyl (C=O) groups is 1. The molecule has 1 fully saturated rings. The molecule has 1 unspecified atom stereocenters. The third kappa shape index (κ3) is 2.46. The number of piperazine rings is 1. The van der Waals surface area contributed by atoms with Crippen molar-refractivity contribution in [1.29, 1.82) is 0 Å². The summed E-state index contributed by atoms with van der Waals surface area (Å²) in [7, 11) is 0. The monoisotopic (exact) mass is 248 g/mol. The summed E-state index contributed by atoms with van der Waals surface area (Å²) < 4.78 is 0. The van der Waals surface area contributed by atoms with Crippen molar-refractivity contribution in [3.8, 4) is 0 Å². The largest absolute Gasteiger partial charge is 0.383 e. The molecule has 1 amide bonds. The first-order valence-electron chi connectivity index (χ1n) is 6.37. The molecule has 2 N–H and O–H groups in total. The molecule has 2 heterocycles. The number of nitrogens with two attached hydrogens (primary N) is 1. The third-order valence-corrected chi connectivity index (χ3v) is 3.53. The molecular weight excluding hydrogens is 228 g/mol. The summed E-state index contributed by atoms with van der Waals surface area (Å²) in [6.45, 7) is 7.75. The van der Waals surface area contributed by atoms with Crippen LogP contribution in [0.5, 0.6) is 0 Å². The molecule has 2 rings (SSSR count). The maximum atomic E-state index is 12.3. The first-order chi connectivity index (χ1) is 8.63. The van der Waals surface area contributed by atoms with Crippen LogP contribution in [0.4, 0.5) is 5.82 Å². The minimum Gasteiger partial charge on any atom is -0.383 e. The van der Waals surface area contributed by atoms with Crippen molar-refractivity contribution in [2.75, 3.05) is 31.9 Å². The quantitative estimate of drug-likeness (QED) is 0.842. The lowest BCUT2D eigenvalue weighted by molar-refractivity contribution is 0.0529. The van der Waals surface area contributed by atoms with Crippen LogP contribution < -0.4 is 5.73 Å². The highest BCUT2D eigenvalue weighted by molar-refractivity contribution is 5.98. The molecule has 0 bridgehead atoms. The van der Waals surface area contributed by atoms with E-state index < -0.39 is 0 Å². The summed E-state index contributed by atoms with van der Waals surface area (Å²) in [5.74, 6) is 0.302. The maximum Gasteiger partial charge on any atom is 0.257 e. The summed E-state index contributed by atoms with van der Waals surface area (Å²) in [4.78, 5) is 20.6. The second kappa shape index (κ2) is 5.35. The van der Waals surface area contributed by atoms with Crippen molar-refractivity contribution >= 4 is 11.7 Å². The Morgan fingerprint density at radius 3 is 2.94 bits per heavy atom. The molecule has 1 aliphatic heterocycles. The lowest BCUT2D eigenvalue weighted by atomic mass is 10.1. The fraction of sp³-hybridized carbons (Fsp3) is 0.538. The van der Waals surface area contributed by atoms with Crippen molar-refractivity contribution in [2.45, 2.75) is 19.9 Å². The van der Waals surface area contributed by atoms with E-state index in [1.54, 1.807) is 18.3 Å². The van der Waals surface area contributed by atoms with E-state index in [1.807, 2.05) is 4.90 Å². The normalized spacial score (nSPS) is 21.0. The average Bonchev–Trinajstić information content (AvgIpc) is 2.38. The predicted octanol–water partition coefficient (Wildman–Crippen LogP) is 0.830. The Bertz CT molecular complexity index is 435. The number of nitrogens with zero attached hydrogens (tertiary/aromatic N) is 3. The molecule has 1 aliphatic rings. The van der Waals surface area contributed by atoms with E-state index in [-0.39, 0.29) is 5.91 Å². The van der Waals surface area contributed by atoms with Crippen LogP contribution in [-0.2, 0) is 0 Å². The van der Waals surface area contributed by atoms with E-state index in [9.17, 15) is 4.79 Å². The van der Waals surface area contributed by atoms with Crippen LogP contribution in [0.2, 0.25) is 0 Å². The summed E-state index contributed by atoms with van der Waals surface area (Å²) in [5.41, 5.74) is 6.26. The second-order valence-electron chi connectivity index (χ2n) is 4.66. The summed E-state index contributed by atoms with van der Waals surface area (Å²) in [6.07, 6.45) is 1.60. The highest BCUT2D eigenvalue weighted by Gasteiger charge is 2.27. The van der Waals surface area contributed by atoms with E-state index in [2.05, 4.69) is 23.7 Å². The van der Waals surface area contributed by atoms with Crippen molar-refractivity contribution < 1.29 is 4.79 Å². The van der Waals surface area contributed by atoms with Gasteiger partial charge in [-0.05, 0) is 25.6 Å². The zero-order valence-corrected chi connectivity index (χ0v) is 11.0. The lowest BCUT2D eigenvalue weighted by Gasteiger charge is -2.39. The first-order valence-corrected chi connectivity index (χ1v) is 6.37. The third-order valence-electron chi connectivity index (χ3n) is 3.53. The number of aromatic nitrogens is 1. The van der Waals surface area contributed by atoms with Crippen LogP contribution in [0.15, 0.2) is 18.3 Å². The molecule has 0 aliphatic carbocycles. The number of pyridine rings is 1. The maximum absolute atomic E-state index is 12.3. The minimum absolute atomic E-state index is 0.0109. The van der Waals surface area contributed by atoms with E-state index in [4.69, 9.17) is 5.73 Å². The Morgan fingerprint density at radius 2 is 2.33 bits per heavy atom. The van der Waals surface area contributed by atoms with Gasteiger partial charge in [-0.1, -0.05) is 6.92 Å².